The van der Waals surface area contributed by atoms with E-state index < -0.39 is 5.97 Å². The van der Waals surface area contributed by atoms with Gasteiger partial charge in [0.05, 0.1) is 5.69 Å². The zero-order valence-corrected chi connectivity index (χ0v) is 12.4. The molecule has 1 aromatic rings. The van der Waals surface area contributed by atoms with Crippen molar-refractivity contribution in [3.05, 3.63) is 11.4 Å². The SMILES string of the molecule is CCCC(C)NC(=O)Cn1nnc(C(=O)O)c1C(C)C. The van der Waals surface area contributed by atoms with E-state index in [1.54, 1.807) is 0 Å². The molecule has 7 nitrogen and oxygen atoms in total. The van der Waals surface area contributed by atoms with Gasteiger partial charge in [0.1, 0.15) is 6.54 Å². The highest BCUT2D eigenvalue weighted by Crippen LogP contribution is 2.17. The van der Waals surface area contributed by atoms with E-state index in [-0.39, 0.29) is 30.1 Å². The molecule has 20 heavy (non-hydrogen) atoms. The number of carboxylic acids is 1. The second-order valence-corrected chi connectivity index (χ2v) is 5.20. The maximum atomic E-state index is 11.9. The molecule has 0 fully saturated rings. The van der Waals surface area contributed by atoms with Crippen molar-refractivity contribution in [2.45, 2.75) is 59.0 Å². The van der Waals surface area contributed by atoms with Gasteiger partial charge in [0.25, 0.3) is 0 Å². The van der Waals surface area contributed by atoms with Crippen LogP contribution in [0.5, 0.6) is 0 Å². The lowest BCUT2D eigenvalue weighted by molar-refractivity contribution is -0.122. The Morgan fingerprint density at radius 1 is 1.35 bits per heavy atom. The van der Waals surface area contributed by atoms with E-state index >= 15 is 0 Å². The smallest absolute Gasteiger partial charge is 0.358 e. The van der Waals surface area contributed by atoms with Gasteiger partial charge in [-0.05, 0) is 19.3 Å². The van der Waals surface area contributed by atoms with E-state index in [2.05, 4.69) is 22.6 Å². The summed E-state index contributed by atoms with van der Waals surface area (Å²) >= 11 is 0. The number of hydrogen-bond donors (Lipinski definition) is 2. The molecule has 1 atom stereocenters. The number of aromatic nitrogens is 3. The number of nitrogens with one attached hydrogen (secondary N) is 1. The Kier molecular flexibility index (Phi) is 5.66. The van der Waals surface area contributed by atoms with Crippen LogP contribution < -0.4 is 5.32 Å². The van der Waals surface area contributed by atoms with Gasteiger partial charge in [-0.15, -0.1) is 5.10 Å². The molecular formula is C13H22N4O3. The van der Waals surface area contributed by atoms with Crippen molar-refractivity contribution in [1.29, 1.82) is 0 Å². The number of aromatic carboxylic acids is 1. The summed E-state index contributed by atoms with van der Waals surface area (Å²) in [4.78, 5) is 23.0. The third-order valence-corrected chi connectivity index (χ3v) is 2.95. The summed E-state index contributed by atoms with van der Waals surface area (Å²) < 4.78 is 1.36. The van der Waals surface area contributed by atoms with Crippen LogP contribution in [0.3, 0.4) is 0 Å². The van der Waals surface area contributed by atoms with Gasteiger partial charge < -0.3 is 10.4 Å². The number of carboxylic acid groups (broad SMARTS) is 1. The molecule has 1 amide bonds. The fourth-order valence-electron chi connectivity index (χ4n) is 2.12. The molecule has 112 valence electrons. The van der Waals surface area contributed by atoms with Crippen LogP contribution in [-0.4, -0.2) is 38.0 Å². The average Bonchev–Trinajstić information content (AvgIpc) is 2.72. The van der Waals surface area contributed by atoms with Gasteiger partial charge in [0.2, 0.25) is 5.91 Å². The number of nitrogens with zero attached hydrogens (tertiary/aromatic N) is 3. The molecule has 1 unspecified atom stereocenters. The summed E-state index contributed by atoms with van der Waals surface area (Å²) in [5, 5.41) is 19.3. The molecule has 1 rings (SSSR count). The molecule has 0 aliphatic heterocycles. The molecule has 0 spiro atoms. The highest BCUT2D eigenvalue weighted by Gasteiger charge is 2.22. The predicted octanol–water partition coefficient (Wildman–Crippen LogP) is 1.40. The Hall–Kier alpha value is -1.92. The van der Waals surface area contributed by atoms with Crippen LogP contribution in [0.25, 0.3) is 0 Å². The number of carbonyl (C=O) groups excluding carboxylic acids is 1. The Labute approximate surface area is 118 Å². The Morgan fingerprint density at radius 2 is 2.00 bits per heavy atom. The van der Waals surface area contributed by atoms with Crippen LogP contribution in [0, 0.1) is 0 Å². The number of amides is 1. The minimum atomic E-state index is -1.13. The van der Waals surface area contributed by atoms with Crippen molar-refractivity contribution < 1.29 is 14.7 Å². The third kappa shape index (κ3) is 4.04. The van der Waals surface area contributed by atoms with E-state index in [1.165, 1.54) is 4.68 Å². The maximum absolute atomic E-state index is 11.9. The summed E-state index contributed by atoms with van der Waals surface area (Å²) in [5.74, 6) is -1.38. The summed E-state index contributed by atoms with van der Waals surface area (Å²) in [6, 6.07) is 0.0949. The van der Waals surface area contributed by atoms with Crippen molar-refractivity contribution in [1.82, 2.24) is 20.3 Å². The minimum absolute atomic E-state index is 0.0121. The second kappa shape index (κ2) is 7.02. The zero-order valence-electron chi connectivity index (χ0n) is 12.4. The molecule has 0 radical (unpaired) electrons. The van der Waals surface area contributed by atoms with Gasteiger partial charge >= 0.3 is 5.97 Å². The lowest BCUT2D eigenvalue weighted by Gasteiger charge is -2.14. The van der Waals surface area contributed by atoms with Crippen LogP contribution in [0.4, 0.5) is 0 Å². The molecule has 0 bridgehead atoms. The van der Waals surface area contributed by atoms with E-state index in [1.807, 2.05) is 20.8 Å². The van der Waals surface area contributed by atoms with Crippen LogP contribution >= 0.6 is 0 Å². The first-order valence-corrected chi connectivity index (χ1v) is 6.82. The number of hydrogen-bond acceptors (Lipinski definition) is 4. The molecule has 0 aromatic carbocycles. The summed E-state index contributed by atoms with van der Waals surface area (Å²) in [6.45, 7) is 7.67. The Balaban J connectivity index is 2.82. The first-order valence-electron chi connectivity index (χ1n) is 6.82. The van der Waals surface area contributed by atoms with Gasteiger partial charge in [0.15, 0.2) is 5.69 Å². The van der Waals surface area contributed by atoms with E-state index in [9.17, 15) is 9.59 Å². The van der Waals surface area contributed by atoms with Gasteiger partial charge in [-0.2, -0.15) is 0 Å². The van der Waals surface area contributed by atoms with Crippen molar-refractivity contribution in [3.8, 4) is 0 Å². The minimum Gasteiger partial charge on any atom is -0.476 e. The fraction of sp³-hybridized carbons (Fsp3) is 0.692. The van der Waals surface area contributed by atoms with Gasteiger partial charge in [0, 0.05) is 6.04 Å². The molecule has 0 aliphatic rings. The summed E-state index contributed by atoms with van der Waals surface area (Å²) in [5.41, 5.74) is 0.380. The molecule has 1 aromatic heterocycles. The predicted molar refractivity (Wildman–Crippen MR) is 73.6 cm³/mol. The van der Waals surface area contributed by atoms with Gasteiger partial charge in [-0.3, -0.25) is 4.79 Å². The highest BCUT2D eigenvalue weighted by molar-refractivity contribution is 5.86. The second-order valence-electron chi connectivity index (χ2n) is 5.20. The standard InChI is InChI=1S/C13H22N4O3/c1-5-6-9(4)14-10(18)7-17-12(8(2)3)11(13(19)20)15-16-17/h8-9H,5-7H2,1-4H3,(H,14,18)(H,19,20). The quantitative estimate of drug-likeness (QED) is 0.788. The van der Waals surface area contributed by atoms with Gasteiger partial charge in [-0.1, -0.05) is 32.4 Å². The van der Waals surface area contributed by atoms with Crippen molar-refractivity contribution in [2.75, 3.05) is 0 Å². The Bertz CT molecular complexity index is 482. The maximum Gasteiger partial charge on any atom is 0.358 e. The lowest BCUT2D eigenvalue weighted by atomic mass is 10.1. The molecule has 0 aliphatic carbocycles. The molecule has 1 heterocycles. The summed E-state index contributed by atoms with van der Waals surface area (Å²) in [7, 11) is 0. The normalized spacial score (nSPS) is 12.4. The van der Waals surface area contributed by atoms with Crippen molar-refractivity contribution >= 4 is 11.9 Å². The van der Waals surface area contributed by atoms with Crippen LogP contribution in [0.1, 0.15) is 62.6 Å². The van der Waals surface area contributed by atoms with Crippen LogP contribution in [0.15, 0.2) is 0 Å². The molecule has 0 saturated carbocycles. The van der Waals surface area contributed by atoms with E-state index in [4.69, 9.17) is 5.11 Å². The molecular weight excluding hydrogens is 260 g/mol. The first-order chi connectivity index (χ1) is 9.36. The fourth-order valence-corrected chi connectivity index (χ4v) is 2.12. The zero-order chi connectivity index (χ0) is 15.3. The van der Waals surface area contributed by atoms with Crippen molar-refractivity contribution in [2.24, 2.45) is 0 Å². The van der Waals surface area contributed by atoms with Crippen LogP contribution in [-0.2, 0) is 11.3 Å². The molecule has 0 saturated heterocycles. The largest absolute Gasteiger partial charge is 0.476 e. The van der Waals surface area contributed by atoms with Crippen molar-refractivity contribution in [3.63, 3.8) is 0 Å². The summed E-state index contributed by atoms with van der Waals surface area (Å²) in [6.07, 6.45) is 1.89. The molecule has 2 N–H and O–H groups in total. The van der Waals surface area contributed by atoms with Crippen LogP contribution in [0.2, 0.25) is 0 Å². The molecule has 7 heteroatoms. The third-order valence-electron chi connectivity index (χ3n) is 2.95. The Morgan fingerprint density at radius 3 is 2.50 bits per heavy atom. The highest BCUT2D eigenvalue weighted by atomic mass is 16.4. The topological polar surface area (TPSA) is 97.1 Å². The lowest BCUT2D eigenvalue weighted by Crippen LogP contribution is -2.35. The monoisotopic (exact) mass is 282 g/mol. The van der Waals surface area contributed by atoms with Gasteiger partial charge in [-0.25, -0.2) is 9.48 Å². The number of rotatable bonds is 7. The number of carbonyl (C=O) groups is 2. The average molecular weight is 282 g/mol. The van der Waals surface area contributed by atoms with E-state index in [0.717, 1.165) is 12.8 Å². The first kappa shape index (κ1) is 16.1. The van der Waals surface area contributed by atoms with E-state index in [0.29, 0.717) is 5.69 Å².